The Labute approximate surface area is 312 Å². The number of aliphatic hydroxyl groups is 1. The molecule has 1 fully saturated rings. The molecule has 1 saturated heterocycles. The highest BCUT2D eigenvalue weighted by molar-refractivity contribution is 7.89. The molecule has 2 N–H and O–H groups in total. The van der Waals surface area contributed by atoms with Crippen LogP contribution >= 0.6 is 0 Å². The number of benzene rings is 5. The van der Waals surface area contributed by atoms with E-state index < -0.39 is 16.3 Å². The van der Waals surface area contributed by atoms with Crippen LogP contribution in [0.25, 0.3) is 11.1 Å². The van der Waals surface area contributed by atoms with Gasteiger partial charge in [0.1, 0.15) is 0 Å². The van der Waals surface area contributed by atoms with Crippen molar-refractivity contribution in [2.24, 2.45) is 5.92 Å². The van der Waals surface area contributed by atoms with E-state index >= 15 is 0 Å². The molecule has 10 heteroatoms. The number of rotatable bonds is 12. The van der Waals surface area contributed by atoms with Gasteiger partial charge < -0.3 is 24.1 Å². The normalized spacial score (nSPS) is 20.5. The van der Waals surface area contributed by atoms with Gasteiger partial charge in [0, 0.05) is 37.7 Å². The Morgan fingerprint density at radius 3 is 2.19 bits per heavy atom. The van der Waals surface area contributed by atoms with Crippen molar-refractivity contribution in [1.29, 1.82) is 0 Å². The molecular weight excluding hydrogens is 689 g/mol. The van der Waals surface area contributed by atoms with Crippen LogP contribution in [0.2, 0.25) is 0 Å². The number of hydrogen-bond donors (Lipinski definition) is 2. The molecule has 0 bridgehead atoms. The van der Waals surface area contributed by atoms with Gasteiger partial charge in [-0.25, -0.2) is 13.1 Å². The molecule has 4 atom stereocenters. The lowest BCUT2D eigenvalue weighted by Gasteiger charge is -2.43. The molecule has 0 aliphatic carbocycles. The number of aliphatic hydroxyl groups excluding tert-OH is 1. The smallest absolute Gasteiger partial charge is 0.240 e. The Morgan fingerprint density at radius 2 is 1.47 bits per heavy atom. The van der Waals surface area contributed by atoms with Gasteiger partial charge in [0.15, 0.2) is 17.8 Å². The van der Waals surface area contributed by atoms with Gasteiger partial charge >= 0.3 is 0 Å². The van der Waals surface area contributed by atoms with E-state index in [1.165, 1.54) is 11.1 Å². The van der Waals surface area contributed by atoms with E-state index in [0.717, 1.165) is 70.9 Å². The predicted octanol–water partition coefficient (Wildman–Crippen LogP) is 7.19. The Kier molecular flexibility index (Phi) is 11.3. The van der Waals surface area contributed by atoms with E-state index in [0.29, 0.717) is 0 Å². The fraction of sp³-hybridized carbons (Fsp3) is 0.302. The standard InChI is InChI=1S/C43H46N2O7S/c1-29-41(27-45-20-19-35-23-39(49-2)40(50-3)24-37(35)26-45)51-43(52-42(29)32-17-15-30(28-46)16-18-32)36-12-8-11-34(22-36)33-10-7-9-31(21-33)25-44-53(47,48)38-13-5-4-6-14-38/h4-18,21-24,29,41-44,46H,19-20,25-28H2,1-3H3/t29-,41+,42+,43+/m0/s1. The van der Waals surface area contributed by atoms with E-state index in [1.54, 1.807) is 44.6 Å². The number of methoxy groups -OCH3 is 2. The van der Waals surface area contributed by atoms with Crippen molar-refractivity contribution in [1.82, 2.24) is 9.62 Å². The molecule has 9 nitrogen and oxygen atoms in total. The molecule has 5 aromatic carbocycles. The summed E-state index contributed by atoms with van der Waals surface area (Å²) >= 11 is 0. The number of sulfonamides is 1. The van der Waals surface area contributed by atoms with Gasteiger partial charge in [-0.2, -0.15) is 0 Å². The molecule has 0 spiro atoms. The second kappa shape index (κ2) is 16.2. The second-order valence-corrected chi connectivity index (χ2v) is 15.5. The van der Waals surface area contributed by atoms with E-state index in [2.05, 4.69) is 34.7 Å². The van der Waals surface area contributed by atoms with E-state index in [1.807, 2.05) is 66.7 Å². The third-order valence-corrected chi connectivity index (χ3v) is 11.7. The quantitative estimate of drug-likeness (QED) is 0.139. The number of hydrogen-bond acceptors (Lipinski definition) is 8. The zero-order valence-electron chi connectivity index (χ0n) is 30.3. The van der Waals surface area contributed by atoms with Gasteiger partial charge in [-0.3, -0.25) is 4.90 Å². The Morgan fingerprint density at radius 1 is 0.774 bits per heavy atom. The van der Waals surface area contributed by atoms with Gasteiger partial charge in [-0.05, 0) is 81.8 Å². The lowest BCUT2D eigenvalue weighted by Crippen LogP contribution is -2.45. The van der Waals surface area contributed by atoms with Gasteiger partial charge in [0.2, 0.25) is 10.0 Å². The van der Waals surface area contributed by atoms with Crippen LogP contribution in [0.1, 0.15) is 52.7 Å². The van der Waals surface area contributed by atoms with E-state index in [-0.39, 0.29) is 36.2 Å². The second-order valence-electron chi connectivity index (χ2n) is 13.7. The van der Waals surface area contributed by atoms with Crippen LogP contribution in [0.5, 0.6) is 11.5 Å². The number of ether oxygens (including phenoxy) is 4. The summed E-state index contributed by atoms with van der Waals surface area (Å²) in [4.78, 5) is 2.68. The molecule has 7 rings (SSSR count). The maximum Gasteiger partial charge on any atom is 0.240 e. The Balaban J connectivity index is 1.12. The third-order valence-electron chi connectivity index (χ3n) is 10.3. The third kappa shape index (κ3) is 8.33. The van der Waals surface area contributed by atoms with Crippen LogP contribution in [0.3, 0.4) is 0 Å². The van der Waals surface area contributed by atoms with Crippen LogP contribution < -0.4 is 14.2 Å². The van der Waals surface area contributed by atoms with Crippen molar-refractivity contribution < 1.29 is 32.5 Å². The van der Waals surface area contributed by atoms with Gasteiger partial charge in [0.05, 0.1) is 37.9 Å². The molecule has 53 heavy (non-hydrogen) atoms. The molecule has 0 aromatic heterocycles. The first-order chi connectivity index (χ1) is 25.7. The highest BCUT2D eigenvalue weighted by Gasteiger charge is 2.39. The zero-order chi connectivity index (χ0) is 37.0. The molecule has 0 saturated carbocycles. The van der Waals surface area contributed by atoms with Gasteiger partial charge in [-0.1, -0.05) is 85.8 Å². The summed E-state index contributed by atoms with van der Waals surface area (Å²) in [6, 6.07) is 36.6. The molecule has 276 valence electrons. The average molecular weight is 735 g/mol. The van der Waals surface area contributed by atoms with Gasteiger partial charge in [0.25, 0.3) is 0 Å². The minimum atomic E-state index is -3.64. The van der Waals surface area contributed by atoms with Crippen molar-refractivity contribution in [3.05, 3.63) is 149 Å². The summed E-state index contributed by atoms with van der Waals surface area (Å²) < 4.78 is 53.3. The predicted molar refractivity (Wildman–Crippen MR) is 204 cm³/mol. The minimum absolute atomic E-state index is 0.0181. The van der Waals surface area contributed by atoms with E-state index in [9.17, 15) is 13.5 Å². The maximum atomic E-state index is 12.9. The van der Waals surface area contributed by atoms with Crippen LogP contribution in [0.4, 0.5) is 0 Å². The first kappa shape index (κ1) is 36.8. The highest BCUT2D eigenvalue weighted by Crippen LogP contribution is 2.43. The zero-order valence-corrected chi connectivity index (χ0v) is 31.1. The average Bonchev–Trinajstić information content (AvgIpc) is 3.20. The Hall–Kier alpha value is -4.55. The first-order valence-electron chi connectivity index (χ1n) is 18.0. The van der Waals surface area contributed by atoms with Crippen molar-refractivity contribution in [2.75, 3.05) is 27.3 Å². The van der Waals surface area contributed by atoms with Crippen molar-refractivity contribution in [2.45, 2.75) is 56.4 Å². The number of nitrogens with one attached hydrogen (secondary N) is 1. The summed E-state index contributed by atoms with van der Waals surface area (Å²) in [6.45, 7) is 4.72. The summed E-state index contributed by atoms with van der Waals surface area (Å²) in [7, 11) is -0.308. The van der Waals surface area contributed by atoms with Gasteiger partial charge in [-0.15, -0.1) is 0 Å². The molecule has 2 heterocycles. The summed E-state index contributed by atoms with van der Waals surface area (Å²) in [5.41, 5.74) is 8.05. The van der Waals surface area contributed by atoms with Crippen LogP contribution in [0, 0.1) is 5.92 Å². The molecule has 0 amide bonds. The Bertz CT molecular complexity index is 2130. The maximum absolute atomic E-state index is 12.9. The summed E-state index contributed by atoms with van der Waals surface area (Å²) in [5, 5.41) is 9.69. The first-order valence-corrected chi connectivity index (χ1v) is 19.4. The fourth-order valence-electron chi connectivity index (χ4n) is 7.27. The van der Waals surface area contributed by atoms with Crippen LogP contribution in [0.15, 0.2) is 120 Å². The monoisotopic (exact) mass is 734 g/mol. The molecular formula is C43H46N2O7S. The number of nitrogens with zero attached hydrogens (tertiary/aromatic N) is 1. The van der Waals surface area contributed by atoms with Crippen LogP contribution in [-0.2, 0) is 45.6 Å². The SMILES string of the molecule is COc1cc2c(cc1OC)CN(C[C@H]1O[C@@H](c3cccc(-c4cccc(CNS(=O)(=O)c5ccccc5)c4)c3)O[C@@H](c3ccc(CO)cc3)[C@H]1C)CC2. The van der Waals surface area contributed by atoms with E-state index in [4.69, 9.17) is 18.9 Å². The lowest BCUT2D eigenvalue weighted by molar-refractivity contribution is -0.276. The van der Waals surface area contributed by atoms with Crippen LogP contribution in [-0.4, -0.2) is 51.8 Å². The molecule has 0 radical (unpaired) electrons. The topological polar surface area (TPSA) is 107 Å². The minimum Gasteiger partial charge on any atom is -0.493 e. The van der Waals surface area contributed by atoms with Crippen molar-refractivity contribution >= 4 is 10.0 Å². The molecule has 2 aliphatic rings. The highest BCUT2D eigenvalue weighted by atomic mass is 32.2. The lowest BCUT2D eigenvalue weighted by atomic mass is 9.89. The fourth-order valence-corrected chi connectivity index (χ4v) is 8.31. The summed E-state index contributed by atoms with van der Waals surface area (Å²) in [6.07, 6.45) is -0.0986. The van der Waals surface area contributed by atoms with Crippen molar-refractivity contribution in [3.8, 4) is 22.6 Å². The molecule has 2 aliphatic heterocycles. The molecule has 0 unspecified atom stereocenters. The van der Waals surface area contributed by atoms with Crippen molar-refractivity contribution in [3.63, 3.8) is 0 Å². The number of fused-ring (bicyclic) bond motifs is 1. The molecule has 5 aromatic rings. The summed E-state index contributed by atoms with van der Waals surface area (Å²) in [5.74, 6) is 1.52. The largest absolute Gasteiger partial charge is 0.493 e.